The van der Waals surface area contributed by atoms with Crippen LogP contribution in [-0.4, -0.2) is 15.3 Å². The fraction of sp³-hybridized carbons (Fsp3) is 0.615. The Labute approximate surface area is 101 Å². The van der Waals surface area contributed by atoms with E-state index in [1.165, 1.54) is 0 Å². The second kappa shape index (κ2) is 4.70. The first-order valence-corrected chi connectivity index (χ1v) is 6.09. The van der Waals surface area contributed by atoms with Crippen LogP contribution >= 0.6 is 0 Å². The van der Waals surface area contributed by atoms with Crippen molar-refractivity contribution < 1.29 is 4.79 Å². The summed E-state index contributed by atoms with van der Waals surface area (Å²) in [7, 11) is 1.93. The van der Waals surface area contributed by atoms with Crippen LogP contribution in [-0.2, 0) is 18.3 Å². The maximum atomic E-state index is 11.9. The Balaban J connectivity index is 2.08. The van der Waals surface area contributed by atoms with Crippen LogP contribution in [0.4, 0.5) is 0 Å². The number of hydrogen-bond acceptors (Lipinski definition) is 3. The molecule has 0 spiro atoms. The minimum absolute atomic E-state index is 0.125. The Morgan fingerprint density at radius 2 is 2.41 bits per heavy atom. The molecular formula is C13H17N3O. The summed E-state index contributed by atoms with van der Waals surface area (Å²) >= 11 is 0. The number of aromatic nitrogens is 2. The van der Waals surface area contributed by atoms with Crippen molar-refractivity contribution >= 4 is 5.78 Å². The van der Waals surface area contributed by atoms with Gasteiger partial charge in [-0.2, -0.15) is 5.26 Å². The van der Waals surface area contributed by atoms with Gasteiger partial charge in [0.05, 0.1) is 6.07 Å². The Morgan fingerprint density at radius 3 is 3.00 bits per heavy atom. The van der Waals surface area contributed by atoms with E-state index in [-0.39, 0.29) is 5.78 Å². The van der Waals surface area contributed by atoms with Crippen molar-refractivity contribution in [3.8, 4) is 6.07 Å². The van der Waals surface area contributed by atoms with E-state index in [0.717, 1.165) is 18.7 Å². The molecule has 0 aliphatic heterocycles. The van der Waals surface area contributed by atoms with E-state index in [4.69, 9.17) is 0 Å². The molecule has 1 aliphatic rings. The van der Waals surface area contributed by atoms with Crippen molar-refractivity contribution in [2.24, 2.45) is 12.5 Å². The molecule has 2 rings (SSSR count). The largest absolute Gasteiger partial charge is 0.338 e. The van der Waals surface area contributed by atoms with E-state index < -0.39 is 5.41 Å². The number of carbonyl (C=O) groups excluding carboxylic acids is 1. The fourth-order valence-corrected chi connectivity index (χ4v) is 2.49. The van der Waals surface area contributed by atoms with Crippen LogP contribution in [0.5, 0.6) is 0 Å². The minimum Gasteiger partial charge on any atom is -0.338 e. The van der Waals surface area contributed by atoms with Gasteiger partial charge in [0.2, 0.25) is 0 Å². The van der Waals surface area contributed by atoms with Gasteiger partial charge in [0, 0.05) is 32.3 Å². The molecule has 4 heteroatoms. The molecule has 0 saturated heterocycles. The summed E-state index contributed by atoms with van der Waals surface area (Å²) in [6, 6.07) is 2.26. The number of nitrogens with zero attached hydrogens (tertiary/aromatic N) is 3. The summed E-state index contributed by atoms with van der Waals surface area (Å²) < 4.78 is 1.94. The first kappa shape index (κ1) is 11.8. The average Bonchev–Trinajstić information content (AvgIpc) is 2.75. The molecule has 0 aromatic carbocycles. The summed E-state index contributed by atoms with van der Waals surface area (Å²) in [6.45, 7) is 0. The Bertz CT molecular complexity index is 457. The van der Waals surface area contributed by atoms with E-state index >= 15 is 0 Å². The molecule has 17 heavy (non-hydrogen) atoms. The van der Waals surface area contributed by atoms with Crippen molar-refractivity contribution in [1.29, 1.82) is 5.26 Å². The molecule has 1 aromatic heterocycles. The van der Waals surface area contributed by atoms with Crippen LogP contribution in [0.25, 0.3) is 0 Å². The van der Waals surface area contributed by atoms with Gasteiger partial charge in [0.25, 0.3) is 0 Å². The Morgan fingerprint density at radius 1 is 1.59 bits per heavy atom. The number of hydrogen-bond donors (Lipinski definition) is 0. The van der Waals surface area contributed by atoms with Crippen LogP contribution in [0.2, 0.25) is 0 Å². The highest BCUT2D eigenvalue weighted by atomic mass is 16.1. The lowest BCUT2D eigenvalue weighted by Crippen LogP contribution is -2.33. The number of carbonyl (C=O) groups is 1. The molecule has 1 heterocycles. The highest BCUT2D eigenvalue weighted by Gasteiger charge is 2.39. The molecule has 1 aromatic rings. The molecule has 0 amide bonds. The number of aryl methyl sites for hydroxylation is 2. The van der Waals surface area contributed by atoms with Crippen LogP contribution in [0.1, 0.15) is 37.9 Å². The molecule has 0 N–H and O–H groups in total. The molecule has 1 atom stereocenters. The lowest BCUT2D eigenvalue weighted by molar-refractivity contribution is -0.128. The van der Waals surface area contributed by atoms with E-state index in [9.17, 15) is 10.1 Å². The first-order valence-electron chi connectivity index (χ1n) is 6.09. The smallest absolute Gasteiger partial charge is 0.153 e. The third-order valence-electron chi connectivity index (χ3n) is 3.70. The molecule has 1 unspecified atom stereocenters. The topological polar surface area (TPSA) is 58.7 Å². The van der Waals surface area contributed by atoms with E-state index in [0.29, 0.717) is 25.7 Å². The van der Waals surface area contributed by atoms with Crippen LogP contribution in [0.3, 0.4) is 0 Å². The Hall–Kier alpha value is -1.63. The van der Waals surface area contributed by atoms with Crippen molar-refractivity contribution in [3.05, 3.63) is 18.2 Å². The van der Waals surface area contributed by atoms with E-state index in [1.54, 1.807) is 6.20 Å². The number of rotatable bonds is 3. The van der Waals surface area contributed by atoms with Gasteiger partial charge in [0.1, 0.15) is 11.2 Å². The summed E-state index contributed by atoms with van der Waals surface area (Å²) in [5.41, 5.74) is -0.746. The monoisotopic (exact) mass is 231 g/mol. The predicted molar refractivity (Wildman–Crippen MR) is 63.1 cm³/mol. The highest BCUT2D eigenvalue weighted by Crippen LogP contribution is 2.36. The molecule has 4 nitrogen and oxygen atoms in total. The second-order valence-electron chi connectivity index (χ2n) is 4.78. The van der Waals surface area contributed by atoms with Crippen LogP contribution in [0, 0.1) is 16.7 Å². The SMILES string of the molecule is Cn1ccnc1CCC1(C#N)CCCCC1=O. The second-order valence-corrected chi connectivity index (χ2v) is 4.78. The van der Waals surface area contributed by atoms with E-state index in [1.807, 2.05) is 17.8 Å². The van der Waals surface area contributed by atoms with Gasteiger partial charge in [-0.3, -0.25) is 4.79 Å². The molecular weight excluding hydrogens is 214 g/mol. The molecule has 1 fully saturated rings. The quantitative estimate of drug-likeness (QED) is 0.799. The van der Waals surface area contributed by atoms with Gasteiger partial charge in [-0.15, -0.1) is 0 Å². The van der Waals surface area contributed by atoms with E-state index in [2.05, 4.69) is 11.1 Å². The lowest BCUT2D eigenvalue weighted by atomic mass is 9.71. The maximum Gasteiger partial charge on any atom is 0.153 e. The normalized spacial score (nSPS) is 24.6. The Kier molecular flexibility index (Phi) is 3.28. The average molecular weight is 231 g/mol. The molecule has 0 radical (unpaired) electrons. The lowest BCUT2D eigenvalue weighted by Gasteiger charge is -2.28. The third-order valence-corrected chi connectivity index (χ3v) is 3.70. The van der Waals surface area contributed by atoms with Gasteiger partial charge in [-0.1, -0.05) is 6.42 Å². The zero-order chi connectivity index (χ0) is 12.3. The summed E-state index contributed by atoms with van der Waals surface area (Å²) in [4.78, 5) is 16.2. The first-order chi connectivity index (χ1) is 8.18. The number of imidazole rings is 1. The third kappa shape index (κ3) is 2.23. The molecule has 1 aliphatic carbocycles. The highest BCUT2D eigenvalue weighted by molar-refractivity contribution is 5.88. The van der Waals surface area contributed by atoms with Gasteiger partial charge >= 0.3 is 0 Å². The van der Waals surface area contributed by atoms with Crippen LogP contribution < -0.4 is 0 Å². The van der Waals surface area contributed by atoms with Gasteiger partial charge in [-0.05, 0) is 19.3 Å². The molecule has 90 valence electrons. The fourth-order valence-electron chi connectivity index (χ4n) is 2.49. The standard InChI is InChI=1S/C13H17N3O/c1-16-9-8-15-12(16)5-7-13(10-14)6-3-2-4-11(13)17/h8-9H,2-7H2,1H3. The van der Waals surface area contributed by atoms with Crippen molar-refractivity contribution in [2.75, 3.05) is 0 Å². The van der Waals surface area contributed by atoms with Crippen LogP contribution in [0.15, 0.2) is 12.4 Å². The van der Waals surface area contributed by atoms with Gasteiger partial charge in [0.15, 0.2) is 5.78 Å². The molecule has 1 saturated carbocycles. The summed E-state index contributed by atoms with van der Waals surface area (Å²) in [5.74, 6) is 1.07. The zero-order valence-corrected chi connectivity index (χ0v) is 10.1. The van der Waals surface area contributed by atoms with Gasteiger partial charge in [-0.25, -0.2) is 4.98 Å². The van der Waals surface area contributed by atoms with Gasteiger partial charge < -0.3 is 4.57 Å². The summed E-state index contributed by atoms with van der Waals surface area (Å²) in [6.07, 6.45) is 8.13. The maximum absolute atomic E-state index is 11.9. The van der Waals surface area contributed by atoms with Crippen molar-refractivity contribution in [2.45, 2.75) is 38.5 Å². The minimum atomic E-state index is -0.746. The van der Waals surface area contributed by atoms with Crippen molar-refractivity contribution in [3.63, 3.8) is 0 Å². The summed E-state index contributed by atoms with van der Waals surface area (Å²) in [5, 5.41) is 9.31. The number of ketones is 1. The van der Waals surface area contributed by atoms with Crippen molar-refractivity contribution in [1.82, 2.24) is 9.55 Å². The molecule has 0 bridgehead atoms. The number of nitriles is 1. The number of Topliss-reactive ketones (excluding diaryl/α,β-unsaturated/α-hetero) is 1. The zero-order valence-electron chi connectivity index (χ0n) is 10.1. The predicted octanol–water partition coefficient (Wildman–Crippen LogP) is 2.01.